The predicted octanol–water partition coefficient (Wildman–Crippen LogP) is 5.11. The molecular formula is C28H29FN4O. The third-order valence-corrected chi connectivity index (χ3v) is 6.49. The Morgan fingerprint density at radius 2 is 1.56 bits per heavy atom. The summed E-state index contributed by atoms with van der Waals surface area (Å²) in [6.07, 6.45) is 2.14. The number of fused-ring (bicyclic) bond motifs is 1. The van der Waals surface area contributed by atoms with Gasteiger partial charge in [0.05, 0.1) is 11.4 Å². The highest BCUT2D eigenvalue weighted by atomic mass is 19.1. The van der Waals surface area contributed by atoms with Crippen LogP contribution in [0.25, 0.3) is 28.0 Å². The van der Waals surface area contributed by atoms with E-state index in [-0.39, 0.29) is 17.6 Å². The van der Waals surface area contributed by atoms with Gasteiger partial charge >= 0.3 is 0 Å². The summed E-state index contributed by atoms with van der Waals surface area (Å²) in [4.78, 5) is 21.7. The van der Waals surface area contributed by atoms with E-state index in [9.17, 15) is 9.18 Å². The van der Waals surface area contributed by atoms with Crippen LogP contribution in [0.15, 0.2) is 72.9 Å². The molecule has 0 N–H and O–H groups in total. The number of carbonyl (C=O) groups is 1. The summed E-state index contributed by atoms with van der Waals surface area (Å²) in [7, 11) is 0. The molecule has 1 saturated heterocycles. The molecule has 1 amide bonds. The highest BCUT2D eigenvalue weighted by Crippen LogP contribution is 2.29. The van der Waals surface area contributed by atoms with Gasteiger partial charge in [0.25, 0.3) is 0 Å². The predicted molar refractivity (Wildman–Crippen MR) is 133 cm³/mol. The lowest BCUT2D eigenvalue weighted by Gasteiger charge is -2.35. The summed E-state index contributed by atoms with van der Waals surface area (Å²) in [5.41, 5.74) is 5.96. The van der Waals surface area contributed by atoms with E-state index in [4.69, 9.17) is 4.98 Å². The quantitative estimate of drug-likeness (QED) is 0.419. The van der Waals surface area contributed by atoms with Gasteiger partial charge in [-0.05, 0) is 47.5 Å². The molecule has 0 spiro atoms. The van der Waals surface area contributed by atoms with Crippen molar-refractivity contribution in [1.82, 2.24) is 19.2 Å². The number of carbonyl (C=O) groups excluding carboxylic acids is 1. The van der Waals surface area contributed by atoms with Crippen LogP contribution in [-0.4, -0.2) is 51.3 Å². The molecule has 174 valence electrons. The van der Waals surface area contributed by atoms with E-state index in [1.165, 1.54) is 12.1 Å². The Bertz CT molecular complexity index is 1290. The SMILES string of the molecule is CC(C)C(=O)N1CCN(Cc2c(-c3ccc(F)cc3)nc3ccc(-c4ccccc4)cn23)CC1. The van der Waals surface area contributed by atoms with Crippen molar-refractivity contribution in [2.45, 2.75) is 20.4 Å². The number of piperazine rings is 1. The van der Waals surface area contributed by atoms with Crippen molar-refractivity contribution in [3.63, 3.8) is 0 Å². The van der Waals surface area contributed by atoms with E-state index in [0.29, 0.717) is 6.54 Å². The number of hydrogen-bond acceptors (Lipinski definition) is 3. The van der Waals surface area contributed by atoms with Gasteiger partial charge in [0.15, 0.2) is 0 Å². The highest BCUT2D eigenvalue weighted by Gasteiger charge is 2.25. The number of aromatic nitrogens is 2. The van der Waals surface area contributed by atoms with Gasteiger partial charge in [-0.3, -0.25) is 9.69 Å². The summed E-state index contributed by atoms with van der Waals surface area (Å²) in [5, 5.41) is 0. The Balaban J connectivity index is 1.50. The fourth-order valence-electron chi connectivity index (χ4n) is 4.59. The Morgan fingerprint density at radius 3 is 2.24 bits per heavy atom. The molecule has 3 heterocycles. The van der Waals surface area contributed by atoms with Crippen LogP contribution in [0.5, 0.6) is 0 Å². The van der Waals surface area contributed by atoms with Crippen LogP contribution in [0.4, 0.5) is 4.39 Å². The maximum Gasteiger partial charge on any atom is 0.225 e. The molecular weight excluding hydrogens is 427 g/mol. The molecule has 0 atom stereocenters. The molecule has 0 aliphatic carbocycles. The van der Waals surface area contributed by atoms with E-state index < -0.39 is 0 Å². The fraction of sp³-hybridized carbons (Fsp3) is 0.286. The van der Waals surface area contributed by atoms with Crippen LogP contribution in [0.2, 0.25) is 0 Å². The topological polar surface area (TPSA) is 40.9 Å². The highest BCUT2D eigenvalue weighted by molar-refractivity contribution is 5.78. The van der Waals surface area contributed by atoms with Crippen LogP contribution in [0, 0.1) is 11.7 Å². The van der Waals surface area contributed by atoms with Crippen LogP contribution in [0.3, 0.4) is 0 Å². The molecule has 5 nitrogen and oxygen atoms in total. The van der Waals surface area contributed by atoms with Crippen molar-refractivity contribution in [3.05, 3.63) is 84.4 Å². The standard InChI is InChI=1S/C28H29FN4O/c1-20(2)28(34)32-16-14-31(15-17-32)19-25-27(22-8-11-24(29)12-9-22)30-26-13-10-23(18-33(25)26)21-6-4-3-5-7-21/h3-13,18,20H,14-17,19H2,1-2H3. The van der Waals surface area contributed by atoms with E-state index >= 15 is 0 Å². The Morgan fingerprint density at radius 1 is 0.882 bits per heavy atom. The first-order chi connectivity index (χ1) is 16.5. The molecule has 4 aromatic rings. The minimum atomic E-state index is -0.258. The number of imidazole rings is 1. The van der Waals surface area contributed by atoms with Crippen molar-refractivity contribution in [2.75, 3.05) is 26.2 Å². The normalized spacial score (nSPS) is 14.8. The van der Waals surface area contributed by atoms with Crippen molar-refractivity contribution >= 4 is 11.6 Å². The number of hydrogen-bond donors (Lipinski definition) is 0. The molecule has 0 bridgehead atoms. The lowest BCUT2D eigenvalue weighted by atomic mass is 10.1. The molecule has 0 saturated carbocycles. The zero-order chi connectivity index (χ0) is 23.7. The molecule has 2 aromatic carbocycles. The number of rotatable bonds is 5. The summed E-state index contributed by atoms with van der Waals surface area (Å²) in [6.45, 7) is 7.69. The zero-order valence-electron chi connectivity index (χ0n) is 19.6. The lowest BCUT2D eigenvalue weighted by Crippen LogP contribution is -2.49. The number of nitrogens with zero attached hydrogens (tertiary/aromatic N) is 4. The average Bonchev–Trinajstić information content (AvgIpc) is 3.22. The van der Waals surface area contributed by atoms with Gasteiger partial charge in [-0.1, -0.05) is 44.2 Å². The Kier molecular flexibility index (Phi) is 6.16. The van der Waals surface area contributed by atoms with Crippen LogP contribution in [-0.2, 0) is 11.3 Å². The number of amides is 1. The Hall–Kier alpha value is -3.51. The summed E-state index contributed by atoms with van der Waals surface area (Å²) >= 11 is 0. The minimum Gasteiger partial charge on any atom is -0.340 e. The van der Waals surface area contributed by atoms with Gasteiger partial charge < -0.3 is 9.30 Å². The molecule has 0 unspecified atom stereocenters. The first kappa shape index (κ1) is 22.3. The molecule has 5 rings (SSSR count). The number of pyridine rings is 1. The summed E-state index contributed by atoms with van der Waals surface area (Å²) in [5.74, 6) is -0.0212. The molecule has 6 heteroatoms. The molecule has 1 aliphatic rings. The van der Waals surface area contributed by atoms with Gasteiger partial charge in [0.2, 0.25) is 5.91 Å². The maximum absolute atomic E-state index is 13.6. The largest absolute Gasteiger partial charge is 0.340 e. The zero-order valence-corrected chi connectivity index (χ0v) is 19.6. The number of halogens is 1. The van der Waals surface area contributed by atoms with Crippen molar-refractivity contribution in [1.29, 1.82) is 0 Å². The fourth-order valence-corrected chi connectivity index (χ4v) is 4.59. The molecule has 1 aliphatic heterocycles. The third kappa shape index (κ3) is 4.46. The van der Waals surface area contributed by atoms with Gasteiger partial charge in [0, 0.05) is 50.4 Å². The first-order valence-electron chi connectivity index (χ1n) is 11.8. The van der Waals surface area contributed by atoms with Crippen LogP contribution in [0.1, 0.15) is 19.5 Å². The lowest BCUT2D eigenvalue weighted by molar-refractivity contribution is -0.136. The van der Waals surface area contributed by atoms with Crippen molar-refractivity contribution in [3.8, 4) is 22.4 Å². The maximum atomic E-state index is 13.6. The summed E-state index contributed by atoms with van der Waals surface area (Å²) in [6, 6.07) is 21.0. The second-order valence-corrected chi connectivity index (χ2v) is 9.18. The summed E-state index contributed by atoms with van der Waals surface area (Å²) < 4.78 is 15.8. The second kappa shape index (κ2) is 9.39. The molecule has 2 aromatic heterocycles. The second-order valence-electron chi connectivity index (χ2n) is 9.18. The molecule has 34 heavy (non-hydrogen) atoms. The Labute approximate surface area is 199 Å². The van der Waals surface area contributed by atoms with Gasteiger partial charge in [0.1, 0.15) is 11.5 Å². The van der Waals surface area contributed by atoms with Gasteiger partial charge in [-0.2, -0.15) is 0 Å². The van der Waals surface area contributed by atoms with Gasteiger partial charge in [-0.15, -0.1) is 0 Å². The van der Waals surface area contributed by atoms with Gasteiger partial charge in [-0.25, -0.2) is 9.37 Å². The molecule has 0 radical (unpaired) electrons. The van der Waals surface area contributed by atoms with Crippen LogP contribution < -0.4 is 0 Å². The van der Waals surface area contributed by atoms with Crippen molar-refractivity contribution < 1.29 is 9.18 Å². The van der Waals surface area contributed by atoms with E-state index in [1.807, 2.05) is 43.0 Å². The van der Waals surface area contributed by atoms with E-state index in [2.05, 4.69) is 33.7 Å². The van der Waals surface area contributed by atoms with E-state index in [1.54, 1.807) is 12.1 Å². The first-order valence-corrected chi connectivity index (χ1v) is 11.8. The smallest absolute Gasteiger partial charge is 0.225 e. The third-order valence-electron chi connectivity index (χ3n) is 6.49. The minimum absolute atomic E-state index is 0.0202. The monoisotopic (exact) mass is 456 g/mol. The van der Waals surface area contributed by atoms with Crippen molar-refractivity contribution in [2.24, 2.45) is 5.92 Å². The number of benzene rings is 2. The van der Waals surface area contributed by atoms with Crippen LogP contribution >= 0.6 is 0 Å². The molecule has 1 fully saturated rings. The average molecular weight is 457 g/mol. The van der Waals surface area contributed by atoms with E-state index in [0.717, 1.165) is 59.9 Å².